The van der Waals surface area contributed by atoms with Crippen LogP contribution in [0.3, 0.4) is 0 Å². The van der Waals surface area contributed by atoms with Crippen LogP contribution in [-0.4, -0.2) is 20.7 Å². The Morgan fingerprint density at radius 3 is 2.67 bits per heavy atom. The number of anilines is 1. The highest BCUT2D eigenvalue weighted by Crippen LogP contribution is 2.40. The summed E-state index contributed by atoms with van der Waals surface area (Å²) in [5, 5.41) is 8.20. The molecule has 0 amide bonds. The van der Waals surface area contributed by atoms with Crippen molar-refractivity contribution >= 4 is 39.4 Å². The molecule has 7 nitrogen and oxygen atoms in total. The van der Waals surface area contributed by atoms with Crippen molar-refractivity contribution in [3.63, 3.8) is 0 Å². The standard InChI is InChI=1S/C27H22BrClN4O3/c1-17-24(26(34)36-14-18-7-3-2-4-8-18)25(33-27(32-17)30-16-31-33)21-13-20(28)11-12-23(21)35-15-19-9-5-6-10-22(19)29/h2-13,16,25H,14-15H2,1H3,(H,30,31,32). The Morgan fingerprint density at radius 2 is 1.86 bits per heavy atom. The van der Waals surface area contributed by atoms with E-state index >= 15 is 0 Å². The van der Waals surface area contributed by atoms with Crippen molar-refractivity contribution in [2.75, 3.05) is 5.32 Å². The molecule has 1 aliphatic heterocycles. The smallest absolute Gasteiger partial charge is 0.338 e. The molecule has 0 aliphatic carbocycles. The Labute approximate surface area is 221 Å². The van der Waals surface area contributed by atoms with Gasteiger partial charge in [-0.25, -0.2) is 9.48 Å². The van der Waals surface area contributed by atoms with Crippen molar-refractivity contribution in [2.45, 2.75) is 26.2 Å². The molecule has 0 bridgehead atoms. The summed E-state index contributed by atoms with van der Waals surface area (Å²) in [5.41, 5.74) is 3.54. The Hall–Kier alpha value is -3.62. The molecule has 1 aliphatic rings. The molecule has 1 aromatic heterocycles. The van der Waals surface area contributed by atoms with Crippen molar-refractivity contribution < 1.29 is 14.3 Å². The van der Waals surface area contributed by atoms with Crippen molar-refractivity contribution in [1.29, 1.82) is 0 Å². The van der Waals surface area contributed by atoms with Gasteiger partial charge < -0.3 is 14.8 Å². The lowest BCUT2D eigenvalue weighted by atomic mass is 9.95. The number of ether oxygens (including phenoxy) is 2. The van der Waals surface area contributed by atoms with E-state index in [0.29, 0.717) is 28.0 Å². The van der Waals surface area contributed by atoms with E-state index in [-0.39, 0.29) is 13.2 Å². The Morgan fingerprint density at radius 1 is 1.08 bits per heavy atom. The molecule has 1 unspecified atom stereocenters. The van der Waals surface area contributed by atoms with E-state index in [1.54, 1.807) is 4.68 Å². The van der Waals surface area contributed by atoms with E-state index in [9.17, 15) is 4.79 Å². The maximum absolute atomic E-state index is 13.5. The number of allylic oxidation sites excluding steroid dienone is 1. The zero-order valence-corrected chi connectivity index (χ0v) is 21.7. The highest BCUT2D eigenvalue weighted by Gasteiger charge is 2.36. The zero-order valence-electron chi connectivity index (χ0n) is 19.3. The predicted octanol–water partition coefficient (Wildman–Crippen LogP) is 6.31. The van der Waals surface area contributed by atoms with Crippen LogP contribution >= 0.6 is 27.5 Å². The number of nitrogens with zero attached hydrogens (tertiary/aromatic N) is 3. The molecule has 5 rings (SSSR count). The number of rotatable bonds is 7. The van der Waals surface area contributed by atoms with Gasteiger partial charge in [-0.3, -0.25) is 0 Å². The van der Waals surface area contributed by atoms with E-state index in [4.69, 9.17) is 21.1 Å². The first-order chi connectivity index (χ1) is 17.5. The molecule has 0 saturated carbocycles. The number of hydrogen-bond acceptors (Lipinski definition) is 6. The molecule has 182 valence electrons. The first-order valence-corrected chi connectivity index (χ1v) is 12.4. The number of aromatic nitrogens is 3. The van der Waals surface area contributed by atoms with Crippen LogP contribution in [0.25, 0.3) is 0 Å². The van der Waals surface area contributed by atoms with Crippen LogP contribution in [0.5, 0.6) is 5.75 Å². The molecule has 4 aromatic rings. The number of fused-ring (bicyclic) bond motifs is 1. The van der Waals surface area contributed by atoms with E-state index < -0.39 is 12.0 Å². The maximum Gasteiger partial charge on any atom is 0.338 e. The largest absolute Gasteiger partial charge is 0.488 e. The highest BCUT2D eigenvalue weighted by atomic mass is 79.9. The molecule has 0 spiro atoms. The number of hydrogen-bond donors (Lipinski definition) is 1. The fourth-order valence-electron chi connectivity index (χ4n) is 4.08. The molecule has 2 heterocycles. The molecule has 9 heteroatoms. The van der Waals surface area contributed by atoms with Crippen LogP contribution in [0.1, 0.15) is 29.7 Å². The minimum Gasteiger partial charge on any atom is -0.488 e. The van der Waals surface area contributed by atoms with Crippen LogP contribution in [0.15, 0.2) is 94.9 Å². The van der Waals surface area contributed by atoms with Gasteiger partial charge in [-0.1, -0.05) is 76.1 Å². The van der Waals surface area contributed by atoms with E-state index in [0.717, 1.165) is 21.2 Å². The summed E-state index contributed by atoms with van der Waals surface area (Å²) in [5.74, 6) is 0.661. The topological polar surface area (TPSA) is 78.3 Å². The van der Waals surface area contributed by atoms with E-state index in [1.165, 1.54) is 6.33 Å². The lowest BCUT2D eigenvalue weighted by molar-refractivity contribution is -0.140. The van der Waals surface area contributed by atoms with Crippen LogP contribution in [0, 0.1) is 0 Å². The molecule has 3 aromatic carbocycles. The normalized spacial score (nSPS) is 14.7. The minimum atomic E-state index is -0.620. The molecule has 36 heavy (non-hydrogen) atoms. The number of carbonyl (C=O) groups is 1. The third-order valence-corrected chi connectivity index (χ3v) is 6.70. The summed E-state index contributed by atoms with van der Waals surface area (Å²) in [6.07, 6.45) is 1.45. The number of esters is 1. The van der Waals surface area contributed by atoms with Gasteiger partial charge in [-0.2, -0.15) is 10.1 Å². The Kier molecular flexibility index (Phi) is 7.06. The lowest BCUT2D eigenvalue weighted by Crippen LogP contribution is -2.30. The summed E-state index contributed by atoms with van der Waals surface area (Å²) < 4.78 is 14.5. The van der Waals surface area contributed by atoms with Crippen LogP contribution in [0.4, 0.5) is 5.95 Å². The third kappa shape index (κ3) is 5.01. The first-order valence-electron chi connectivity index (χ1n) is 11.3. The summed E-state index contributed by atoms with van der Waals surface area (Å²) in [4.78, 5) is 17.8. The second-order valence-corrected chi connectivity index (χ2v) is 9.54. The van der Waals surface area contributed by atoms with Crippen molar-refractivity contribution in [2.24, 2.45) is 0 Å². The third-order valence-electron chi connectivity index (χ3n) is 5.83. The van der Waals surface area contributed by atoms with Crippen molar-refractivity contribution in [3.05, 3.63) is 117 Å². The first kappa shape index (κ1) is 24.1. The van der Waals surface area contributed by atoms with Gasteiger partial charge in [-0.05, 0) is 36.8 Å². The molecular formula is C27H22BrClN4O3. The van der Waals surface area contributed by atoms with Gasteiger partial charge in [0.1, 0.15) is 31.3 Å². The van der Waals surface area contributed by atoms with E-state index in [2.05, 4.69) is 31.3 Å². The average Bonchev–Trinajstić information content (AvgIpc) is 3.35. The van der Waals surface area contributed by atoms with Gasteiger partial charge in [0, 0.05) is 26.3 Å². The molecule has 0 radical (unpaired) electrons. The van der Waals surface area contributed by atoms with Gasteiger partial charge >= 0.3 is 5.97 Å². The SMILES string of the molecule is CC1=C(C(=O)OCc2ccccc2)C(c2cc(Br)ccc2OCc2ccccc2Cl)n2ncnc2N1. The van der Waals surface area contributed by atoms with E-state index in [1.807, 2.05) is 79.7 Å². The number of nitrogens with one attached hydrogen (secondary N) is 1. The summed E-state index contributed by atoms with van der Waals surface area (Å²) in [7, 11) is 0. The second-order valence-electron chi connectivity index (χ2n) is 8.22. The summed E-state index contributed by atoms with van der Waals surface area (Å²) >= 11 is 9.90. The van der Waals surface area contributed by atoms with Gasteiger partial charge in [-0.15, -0.1) is 0 Å². The molecule has 1 atom stereocenters. The Bertz CT molecular complexity index is 1440. The zero-order chi connectivity index (χ0) is 25.1. The van der Waals surface area contributed by atoms with Crippen LogP contribution < -0.4 is 10.1 Å². The lowest BCUT2D eigenvalue weighted by Gasteiger charge is -2.29. The highest BCUT2D eigenvalue weighted by molar-refractivity contribution is 9.10. The monoisotopic (exact) mass is 564 g/mol. The number of halogens is 2. The molecule has 1 N–H and O–H groups in total. The quantitative estimate of drug-likeness (QED) is 0.265. The molecule has 0 fully saturated rings. The van der Waals surface area contributed by atoms with Gasteiger partial charge in [0.15, 0.2) is 0 Å². The fraction of sp³-hybridized carbons (Fsp3) is 0.148. The minimum absolute atomic E-state index is 0.154. The summed E-state index contributed by atoms with van der Waals surface area (Å²) in [6.45, 7) is 2.24. The predicted molar refractivity (Wildman–Crippen MR) is 141 cm³/mol. The molecular weight excluding hydrogens is 544 g/mol. The number of benzene rings is 3. The Balaban J connectivity index is 1.51. The molecule has 0 saturated heterocycles. The summed E-state index contributed by atoms with van der Waals surface area (Å²) in [6, 6.07) is 22.1. The maximum atomic E-state index is 13.5. The van der Waals surface area contributed by atoms with Crippen LogP contribution in [-0.2, 0) is 22.7 Å². The van der Waals surface area contributed by atoms with Gasteiger partial charge in [0.25, 0.3) is 0 Å². The number of carbonyl (C=O) groups excluding carboxylic acids is 1. The fourth-order valence-corrected chi connectivity index (χ4v) is 4.65. The average molecular weight is 566 g/mol. The van der Waals surface area contributed by atoms with Gasteiger partial charge in [0.05, 0.1) is 5.57 Å². The van der Waals surface area contributed by atoms with Crippen molar-refractivity contribution in [3.8, 4) is 5.75 Å². The van der Waals surface area contributed by atoms with Crippen LogP contribution in [0.2, 0.25) is 5.02 Å². The van der Waals surface area contributed by atoms with Gasteiger partial charge in [0.2, 0.25) is 5.95 Å². The second kappa shape index (κ2) is 10.6. The van der Waals surface area contributed by atoms with Crippen molar-refractivity contribution in [1.82, 2.24) is 14.8 Å².